The Morgan fingerprint density at radius 3 is 2.35 bits per heavy atom. The monoisotopic (exact) mass is 364 g/mol. The number of ether oxygens (including phenoxy) is 4. The molecule has 0 saturated heterocycles. The Hall–Kier alpha value is -2.24. The zero-order valence-electron chi connectivity index (χ0n) is 15.8. The van der Waals surface area contributed by atoms with Crippen molar-refractivity contribution >= 4 is 11.9 Å². The van der Waals surface area contributed by atoms with Crippen LogP contribution in [-0.4, -0.2) is 31.9 Å². The van der Waals surface area contributed by atoms with Crippen LogP contribution in [0.3, 0.4) is 0 Å². The summed E-state index contributed by atoms with van der Waals surface area (Å²) in [5.41, 5.74) is 0.794. The van der Waals surface area contributed by atoms with E-state index in [1.165, 1.54) is 0 Å². The Kier molecular flexibility index (Phi) is 7.75. The molecule has 1 aliphatic rings. The Morgan fingerprint density at radius 2 is 1.73 bits per heavy atom. The molecule has 26 heavy (non-hydrogen) atoms. The maximum Gasteiger partial charge on any atom is 0.320 e. The summed E-state index contributed by atoms with van der Waals surface area (Å²) in [4.78, 5) is 25.2. The number of carbonyl (C=O) groups is 2. The molecule has 0 N–H and O–H groups in total. The Balaban J connectivity index is 2.41. The predicted molar refractivity (Wildman–Crippen MR) is 96.2 cm³/mol. The van der Waals surface area contributed by atoms with Crippen molar-refractivity contribution in [3.05, 3.63) is 23.8 Å². The Labute approximate surface area is 154 Å². The topological polar surface area (TPSA) is 71.1 Å². The van der Waals surface area contributed by atoms with Crippen molar-refractivity contribution in [2.24, 2.45) is 5.92 Å². The number of carbonyl (C=O) groups excluding carboxylic acids is 2. The van der Waals surface area contributed by atoms with Crippen molar-refractivity contribution < 1.29 is 28.5 Å². The van der Waals surface area contributed by atoms with Gasteiger partial charge in [0.1, 0.15) is 0 Å². The largest absolute Gasteiger partial charge is 0.465 e. The molecule has 0 amide bonds. The van der Waals surface area contributed by atoms with Crippen molar-refractivity contribution in [2.75, 3.05) is 20.0 Å². The van der Waals surface area contributed by atoms with Crippen molar-refractivity contribution in [3.63, 3.8) is 0 Å². The predicted octanol–water partition coefficient (Wildman–Crippen LogP) is 3.82. The van der Waals surface area contributed by atoms with Gasteiger partial charge in [0.15, 0.2) is 17.4 Å². The second-order valence-corrected chi connectivity index (χ2v) is 6.17. The summed E-state index contributed by atoms with van der Waals surface area (Å²) in [5.74, 6) is -1.26. The maximum absolute atomic E-state index is 12.6. The summed E-state index contributed by atoms with van der Waals surface area (Å²) in [5, 5.41) is 0. The molecule has 0 saturated carbocycles. The molecule has 144 valence electrons. The lowest BCUT2D eigenvalue weighted by Crippen LogP contribution is -2.33. The number of hydrogen-bond donors (Lipinski definition) is 0. The fourth-order valence-electron chi connectivity index (χ4n) is 3.25. The third-order valence-corrected chi connectivity index (χ3v) is 4.43. The fourth-order valence-corrected chi connectivity index (χ4v) is 3.25. The Morgan fingerprint density at radius 1 is 1.04 bits per heavy atom. The summed E-state index contributed by atoms with van der Waals surface area (Å²) in [6.45, 7) is 6.12. The van der Waals surface area contributed by atoms with E-state index in [0.717, 1.165) is 24.8 Å². The lowest BCUT2D eigenvalue weighted by atomic mass is 9.81. The molecule has 2 rings (SSSR count). The molecule has 1 heterocycles. The van der Waals surface area contributed by atoms with Crippen LogP contribution >= 0.6 is 0 Å². The fraction of sp³-hybridized carbons (Fsp3) is 0.600. The minimum absolute atomic E-state index is 0.136. The average Bonchev–Trinajstić information content (AvgIpc) is 3.10. The number of esters is 2. The van der Waals surface area contributed by atoms with Gasteiger partial charge in [-0.15, -0.1) is 0 Å². The summed E-state index contributed by atoms with van der Waals surface area (Å²) in [6.07, 6.45) is 3.61. The first-order chi connectivity index (χ1) is 12.6. The van der Waals surface area contributed by atoms with Crippen LogP contribution in [0, 0.1) is 5.92 Å². The van der Waals surface area contributed by atoms with E-state index in [0.29, 0.717) is 17.9 Å². The zero-order chi connectivity index (χ0) is 18.9. The van der Waals surface area contributed by atoms with E-state index >= 15 is 0 Å². The minimum atomic E-state index is -1.01. The van der Waals surface area contributed by atoms with Crippen molar-refractivity contribution in [1.82, 2.24) is 0 Å². The van der Waals surface area contributed by atoms with E-state index in [1.54, 1.807) is 13.8 Å². The lowest BCUT2D eigenvalue weighted by molar-refractivity contribution is -0.163. The third-order valence-electron chi connectivity index (χ3n) is 4.43. The molecule has 0 aliphatic carbocycles. The van der Waals surface area contributed by atoms with Crippen LogP contribution < -0.4 is 9.47 Å². The first kappa shape index (κ1) is 20.1. The number of unbranched alkanes of at least 4 members (excludes halogenated alkanes) is 2. The van der Waals surface area contributed by atoms with Gasteiger partial charge in [0.05, 0.1) is 13.2 Å². The molecule has 6 nitrogen and oxygen atoms in total. The molecule has 1 atom stereocenters. The second kappa shape index (κ2) is 10.0. The smallest absolute Gasteiger partial charge is 0.320 e. The van der Waals surface area contributed by atoms with Gasteiger partial charge in [0, 0.05) is 11.5 Å². The van der Waals surface area contributed by atoms with E-state index in [9.17, 15) is 9.59 Å². The van der Waals surface area contributed by atoms with Crippen LogP contribution in [0.1, 0.15) is 57.9 Å². The molecule has 1 aliphatic heterocycles. The summed E-state index contributed by atoms with van der Waals surface area (Å²) < 4.78 is 21.5. The lowest BCUT2D eigenvalue weighted by Gasteiger charge is -2.25. The first-order valence-electron chi connectivity index (χ1n) is 9.35. The first-order valence-corrected chi connectivity index (χ1v) is 9.35. The zero-order valence-corrected chi connectivity index (χ0v) is 15.8. The molecular formula is C20H28O6. The number of para-hydroxylation sites is 1. The van der Waals surface area contributed by atoms with E-state index in [2.05, 4.69) is 6.92 Å². The van der Waals surface area contributed by atoms with E-state index in [1.807, 2.05) is 18.2 Å². The quantitative estimate of drug-likeness (QED) is 0.357. The van der Waals surface area contributed by atoms with Gasteiger partial charge in [-0.2, -0.15) is 0 Å². The molecule has 6 heteroatoms. The number of benzene rings is 1. The van der Waals surface area contributed by atoms with Gasteiger partial charge >= 0.3 is 11.9 Å². The van der Waals surface area contributed by atoms with Crippen molar-refractivity contribution in [3.8, 4) is 11.5 Å². The van der Waals surface area contributed by atoms with Crippen LogP contribution in [-0.2, 0) is 19.1 Å². The number of hydrogen-bond acceptors (Lipinski definition) is 6. The van der Waals surface area contributed by atoms with Crippen LogP contribution in [0.25, 0.3) is 0 Å². The molecule has 0 fully saturated rings. The highest BCUT2D eigenvalue weighted by Gasteiger charge is 2.40. The van der Waals surface area contributed by atoms with Gasteiger partial charge in [-0.1, -0.05) is 38.3 Å². The third kappa shape index (κ3) is 4.68. The van der Waals surface area contributed by atoms with Crippen molar-refractivity contribution in [2.45, 2.75) is 52.4 Å². The maximum atomic E-state index is 12.6. The molecule has 0 radical (unpaired) electrons. The molecule has 1 aromatic carbocycles. The average molecular weight is 364 g/mol. The molecule has 1 aromatic rings. The normalized spacial score (nSPS) is 13.5. The van der Waals surface area contributed by atoms with Crippen LogP contribution in [0.15, 0.2) is 18.2 Å². The molecule has 0 spiro atoms. The van der Waals surface area contributed by atoms with Gasteiger partial charge in [0.2, 0.25) is 6.79 Å². The molecule has 0 bridgehead atoms. The highest BCUT2D eigenvalue weighted by molar-refractivity contribution is 5.96. The standard InChI is InChI=1S/C20H28O6/c1-4-7-8-10-14(15-11-9-12-16-18(15)26-13-25-16)17(19(21)23-5-2)20(22)24-6-3/h9,11-12,14,17H,4-8,10,13H2,1-3H3. The summed E-state index contributed by atoms with van der Waals surface area (Å²) in [7, 11) is 0. The van der Waals surface area contributed by atoms with Crippen molar-refractivity contribution in [1.29, 1.82) is 0 Å². The van der Waals surface area contributed by atoms with Gasteiger partial charge in [-0.3, -0.25) is 9.59 Å². The van der Waals surface area contributed by atoms with Gasteiger partial charge < -0.3 is 18.9 Å². The van der Waals surface area contributed by atoms with Gasteiger partial charge in [0.25, 0.3) is 0 Å². The highest BCUT2D eigenvalue weighted by atomic mass is 16.7. The van der Waals surface area contributed by atoms with Crippen LogP contribution in [0.5, 0.6) is 11.5 Å². The molecule has 0 aromatic heterocycles. The SMILES string of the molecule is CCCCCC(c1cccc2c1OCO2)C(C(=O)OCC)C(=O)OCC. The summed E-state index contributed by atoms with van der Waals surface area (Å²) in [6, 6.07) is 5.55. The summed E-state index contributed by atoms with van der Waals surface area (Å²) >= 11 is 0. The van der Waals surface area contributed by atoms with E-state index in [-0.39, 0.29) is 25.9 Å². The molecule has 1 unspecified atom stereocenters. The number of rotatable bonds is 10. The van der Waals surface area contributed by atoms with Crippen LogP contribution in [0.2, 0.25) is 0 Å². The molecular weight excluding hydrogens is 336 g/mol. The highest BCUT2D eigenvalue weighted by Crippen LogP contribution is 2.44. The van der Waals surface area contributed by atoms with Gasteiger partial charge in [-0.05, 0) is 26.3 Å². The van der Waals surface area contributed by atoms with Crippen LogP contribution in [0.4, 0.5) is 0 Å². The Bertz CT molecular complexity index is 594. The number of fused-ring (bicyclic) bond motifs is 1. The van der Waals surface area contributed by atoms with E-state index < -0.39 is 17.9 Å². The van der Waals surface area contributed by atoms with Gasteiger partial charge in [-0.25, -0.2) is 0 Å². The van der Waals surface area contributed by atoms with E-state index in [4.69, 9.17) is 18.9 Å². The minimum Gasteiger partial charge on any atom is -0.465 e. The second-order valence-electron chi connectivity index (χ2n) is 6.17.